The normalized spacial score (nSPS) is 10.9. The summed E-state index contributed by atoms with van der Waals surface area (Å²) in [6.07, 6.45) is 0. The smallest absolute Gasteiger partial charge is 0.243 e. The molecule has 0 aromatic heterocycles. The lowest BCUT2D eigenvalue weighted by atomic mass is 9.87. The molecule has 0 unspecified atom stereocenters. The molecule has 0 heterocycles. The van der Waals surface area contributed by atoms with Crippen LogP contribution in [0, 0.1) is 0 Å². The molecule has 0 aliphatic heterocycles. The number of methoxy groups -OCH3 is 2. The molecule has 25 heavy (non-hydrogen) atoms. The van der Waals surface area contributed by atoms with E-state index in [4.69, 9.17) is 9.47 Å². The Kier molecular flexibility index (Phi) is 5.91. The number of carbonyl (C=O) groups excluding carboxylic acids is 1. The topological polar surface area (TPSA) is 59.6 Å². The van der Waals surface area contributed by atoms with Gasteiger partial charge in [0, 0.05) is 11.8 Å². The lowest BCUT2D eigenvalue weighted by Gasteiger charge is -2.19. The Hall–Kier alpha value is -2.69. The zero-order valence-electron chi connectivity index (χ0n) is 15.5. The summed E-state index contributed by atoms with van der Waals surface area (Å²) in [6.45, 7) is 6.68. The highest BCUT2D eigenvalue weighted by atomic mass is 16.5. The van der Waals surface area contributed by atoms with Gasteiger partial charge in [-0.3, -0.25) is 4.79 Å². The molecule has 0 spiro atoms. The third-order valence-corrected chi connectivity index (χ3v) is 3.88. The van der Waals surface area contributed by atoms with Gasteiger partial charge in [-0.05, 0) is 35.2 Å². The van der Waals surface area contributed by atoms with Crippen LogP contribution in [0.4, 0.5) is 11.4 Å². The SMILES string of the molecule is COc1ccc(OC)c(NC(=O)CNc2ccc(C(C)(C)C)cc2)c1. The van der Waals surface area contributed by atoms with Crippen LogP contribution in [-0.2, 0) is 10.2 Å². The van der Waals surface area contributed by atoms with Crippen LogP contribution >= 0.6 is 0 Å². The van der Waals surface area contributed by atoms with E-state index in [2.05, 4.69) is 43.5 Å². The van der Waals surface area contributed by atoms with E-state index in [1.165, 1.54) is 5.56 Å². The quantitative estimate of drug-likeness (QED) is 0.831. The van der Waals surface area contributed by atoms with Crippen molar-refractivity contribution in [3.05, 3.63) is 48.0 Å². The number of carbonyl (C=O) groups is 1. The molecule has 2 rings (SSSR count). The van der Waals surface area contributed by atoms with Gasteiger partial charge in [-0.25, -0.2) is 0 Å². The second kappa shape index (κ2) is 7.92. The van der Waals surface area contributed by atoms with Gasteiger partial charge in [0.2, 0.25) is 5.91 Å². The van der Waals surface area contributed by atoms with Gasteiger partial charge in [-0.1, -0.05) is 32.9 Å². The fraction of sp³-hybridized carbons (Fsp3) is 0.350. The van der Waals surface area contributed by atoms with E-state index in [1.54, 1.807) is 32.4 Å². The lowest BCUT2D eigenvalue weighted by Crippen LogP contribution is -2.22. The summed E-state index contributed by atoms with van der Waals surface area (Å²) in [6, 6.07) is 13.4. The lowest BCUT2D eigenvalue weighted by molar-refractivity contribution is -0.114. The Morgan fingerprint density at radius 1 is 1.00 bits per heavy atom. The largest absolute Gasteiger partial charge is 0.497 e. The monoisotopic (exact) mass is 342 g/mol. The molecule has 2 N–H and O–H groups in total. The standard InChI is InChI=1S/C20H26N2O3/c1-20(2,3)14-6-8-15(9-7-14)21-13-19(23)22-17-12-16(24-4)10-11-18(17)25-5/h6-12,21H,13H2,1-5H3,(H,22,23). The number of amides is 1. The highest BCUT2D eigenvalue weighted by Crippen LogP contribution is 2.29. The van der Waals surface area contributed by atoms with Crippen LogP contribution in [0.25, 0.3) is 0 Å². The summed E-state index contributed by atoms with van der Waals surface area (Å²) >= 11 is 0. The molecule has 5 heteroatoms. The van der Waals surface area contributed by atoms with Crippen LogP contribution in [0.1, 0.15) is 26.3 Å². The molecule has 0 saturated heterocycles. The fourth-order valence-electron chi connectivity index (χ4n) is 2.38. The summed E-state index contributed by atoms with van der Waals surface area (Å²) < 4.78 is 10.4. The molecule has 2 aromatic carbocycles. The second-order valence-corrected chi connectivity index (χ2v) is 6.80. The van der Waals surface area contributed by atoms with Crippen molar-refractivity contribution in [2.45, 2.75) is 26.2 Å². The first-order chi connectivity index (χ1) is 11.8. The minimum atomic E-state index is -0.161. The Bertz CT molecular complexity index is 719. The van der Waals surface area contributed by atoms with Crippen LogP contribution in [0.2, 0.25) is 0 Å². The van der Waals surface area contributed by atoms with Gasteiger partial charge in [0.05, 0.1) is 26.5 Å². The average Bonchev–Trinajstić information content (AvgIpc) is 2.59. The van der Waals surface area contributed by atoms with E-state index in [0.29, 0.717) is 17.2 Å². The van der Waals surface area contributed by atoms with Crippen molar-refractivity contribution >= 4 is 17.3 Å². The number of benzene rings is 2. The minimum absolute atomic E-state index is 0.110. The zero-order chi connectivity index (χ0) is 18.4. The van der Waals surface area contributed by atoms with Gasteiger partial charge in [-0.15, -0.1) is 0 Å². The van der Waals surface area contributed by atoms with Crippen LogP contribution < -0.4 is 20.1 Å². The van der Waals surface area contributed by atoms with Gasteiger partial charge in [0.25, 0.3) is 0 Å². The molecule has 0 fully saturated rings. The van der Waals surface area contributed by atoms with Crippen molar-refractivity contribution in [3.8, 4) is 11.5 Å². The Labute approximate surface area is 149 Å². The molecule has 1 amide bonds. The number of anilines is 2. The number of rotatable bonds is 6. The fourth-order valence-corrected chi connectivity index (χ4v) is 2.38. The average molecular weight is 342 g/mol. The summed E-state index contributed by atoms with van der Waals surface area (Å²) in [5, 5.41) is 5.96. The number of ether oxygens (including phenoxy) is 2. The van der Waals surface area contributed by atoms with Crippen molar-refractivity contribution in [1.29, 1.82) is 0 Å². The van der Waals surface area contributed by atoms with Crippen LogP contribution in [-0.4, -0.2) is 26.7 Å². The second-order valence-electron chi connectivity index (χ2n) is 6.80. The van der Waals surface area contributed by atoms with Crippen molar-refractivity contribution in [2.75, 3.05) is 31.4 Å². The molecular weight excluding hydrogens is 316 g/mol. The summed E-state index contributed by atoms with van der Waals surface area (Å²) in [5.74, 6) is 1.08. The Balaban J connectivity index is 1.97. The molecular formula is C20H26N2O3. The molecule has 5 nitrogen and oxygen atoms in total. The maximum atomic E-state index is 12.2. The highest BCUT2D eigenvalue weighted by Gasteiger charge is 2.13. The molecule has 0 radical (unpaired) electrons. The van der Waals surface area contributed by atoms with Gasteiger partial charge in [-0.2, -0.15) is 0 Å². The predicted octanol–water partition coefficient (Wildman–Crippen LogP) is 4.05. The first-order valence-corrected chi connectivity index (χ1v) is 8.20. The number of nitrogens with one attached hydrogen (secondary N) is 2. The van der Waals surface area contributed by atoms with Crippen molar-refractivity contribution < 1.29 is 14.3 Å². The maximum absolute atomic E-state index is 12.2. The number of hydrogen-bond donors (Lipinski definition) is 2. The van der Waals surface area contributed by atoms with Crippen LogP contribution in [0.3, 0.4) is 0 Å². The molecule has 0 aliphatic rings. The van der Waals surface area contributed by atoms with Crippen molar-refractivity contribution in [2.24, 2.45) is 0 Å². The number of hydrogen-bond acceptors (Lipinski definition) is 4. The van der Waals surface area contributed by atoms with E-state index >= 15 is 0 Å². The highest BCUT2D eigenvalue weighted by molar-refractivity contribution is 5.95. The van der Waals surface area contributed by atoms with E-state index < -0.39 is 0 Å². The summed E-state index contributed by atoms with van der Waals surface area (Å²) in [7, 11) is 3.14. The molecule has 0 aliphatic carbocycles. The first-order valence-electron chi connectivity index (χ1n) is 8.20. The van der Waals surface area contributed by atoms with Crippen molar-refractivity contribution in [3.63, 3.8) is 0 Å². The van der Waals surface area contributed by atoms with Crippen LogP contribution in [0.15, 0.2) is 42.5 Å². The van der Waals surface area contributed by atoms with Crippen LogP contribution in [0.5, 0.6) is 11.5 Å². The Morgan fingerprint density at radius 2 is 1.68 bits per heavy atom. The predicted molar refractivity (Wildman–Crippen MR) is 102 cm³/mol. The minimum Gasteiger partial charge on any atom is -0.497 e. The Morgan fingerprint density at radius 3 is 2.24 bits per heavy atom. The van der Waals surface area contributed by atoms with Crippen molar-refractivity contribution in [1.82, 2.24) is 0 Å². The molecule has 134 valence electrons. The first kappa shape index (κ1) is 18.6. The molecule has 2 aromatic rings. The van der Waals surface area contributed by atoms with E-state index in [-0.39, 0.29) is 17.9 Å². The van der Waals surface area contributed by atoms with E-state index in [1.807, 2.05) is 12.1 Å². The third kappa shape index (κ3) is 5.14. The molecule has 0 bridgehead atoms. The van der Waals surface area contributed by atoms with Gasteiger partial charge < -0.3 is 20.1 Å². The summed E-state index contributed by atoms with van der Waals surface area (Å²) in [4.78, 5) is 12.2. The summed E-state index contributed by atoms with van der Waals surface area (Å²) in [5.41, 5.74) is 2.85. The molecule has 0 saturated carbocycles. The van der Waals surface area contributed by atoms with Gasteiger partial charge in [0.15, 0.2) is 0 Å². The molecule has 0 atom stereocenters. The van der Waals surface area contributed by atoms with E-state index in [9.17, 15) is 4.79 Å². The van der Waals surface area contributed by atoms with E-state index in [0.717, 1.165) is 5.69 Å². The van der Waals surface area contributed by atoms with Gasteiger partial charge in [0.1, 0.15) is 11.5 Å². The third-order valence-electron chi connectivity index (χ3n) is 3.88. The maximum Gasteiger partial charge on any atom is 0.243 e. The zero-order valence-corrected chi connectivity index (χ0v) is 15.5. The van der Waals surface area contributed by atoms with Gasteiger partial charge >= 0.3 is 0 Å².